The molecule has 1 aliphatic rings. The molecule has 1 heterocycles. The van der Waals surface area contributed by atoms with Crippen LogP contribution in [0.15, 0.2) is 35.5 Å². The van der Waals surface area contributed by atoms with Gasteiger partial charge in [-0.15, -0.1) is 0 Å². The van der Waals surface area contributed by atoms with Gasteiger partial charge < -0.3 is 9.57 Å². The molecule has 0 amide bonds. The Morgan fingerprint density at radius 1 is 1.38 bits per heavy atom. The highest BCUT2D eigenvalue weighted by Gasteiger charge is 2.37. The lowest BCUT2D eigenvalue weighted by Gasteiger charge is -2.11. The molecule has 0 saturated carbocycles. The van der Waals surface area contributed by atoms with Crippen molar-refractivity contribution in [2.24, 2.45) is 11.1 Å². The largest absolute Gasteiger partial charge is 0.466 e. The molecule has 0 N–H and O–H groups in total. The van der Waals surface area contributed by atoms with Crippen LogP contribution in [-0.2, 0) is 14.4 Å². The summed E-state index contributed by atoms with van der Waals surface area (Å²) in [5.41, 5.74) is 1.76. The molecule has 4 heteroatoms. The standard InChI is InChI=1S/C12H13NO3/c1-8-10(9-6-4-3-5-7-9)13-16-11(8)12(14)15-2/h3-8,11H,1-2H3/t8-,11-/m1/s1. The predicted octanol–water partition coefficient (Wildman–Crippen LogP) is 1.60. The number of methoxy groups -OCH3 is 1. The van der Waals surface area contributed by atoms with E-state index in [1.54, 1.807) is 0 Å². The van der Waals surface area contributed by atoms with E-state index in [-0.39, 0.29) is 11.9 Å². The minimum absolute atomic E-state index is 0.0881. The fourth-order valence-corrected chi connectivity index (χ4v) is 1.72. The zero-order chi connectivity index (χ0) is 11.5. The Balaban J connectivity index is 2.19. The van der Waals surface area contributed by atoms with E-state index in [0.29, 0.717) is 0 Å². The molecule has 2 rings (SSSR count). The summed E-state index contributed by atoms with van der Waals surface area (Å²) < 4.78 is 4.65. The van der Waals surface area contributed by atoms with Crippen molar-refractivity contribution in [1.82, 2.24) is 0 Å². The van der Waals surface area contributed by atoms with Crippen LogP contribution in [-0.4, -0.2) is 24.9 Å². The second-order valence-corrected chi connectivity index (χ2v) is 3.68. The Bertz CT molecular complexity index is 414. The lowest BCUT2D eigenvalue weighted by molar-refractivity contribution is -0.154. The first-order valence-electron chi connectivity index (χ1n) is 5.11. The predicted molar refractivity (Wildman–Crippen MR) is 59.0 cm³/mol. The van der Waals surface area contributed by atoms with E-state index >= 15 is 0 Å². The van der Waals surface area contributed by atoms with Crippen molar-refractivity contribution in [3.63, 3.8) is 0 Å². The van der Waals surface area contributed by atoms with E-state index < -0.39 is 6.10 Å². The second kappa shape index (κ2) is 4.35. The molecule has 2 atom stereocenters. The van der Waals surface area contributed by atoms with Crippen LogP contribution in [0.2, 0.25) is 0 Å². The number of carbonyl (C=O) groups is 1. The van der Waals surface area contributed by atoms with Crippen molar-refractivity contribution >= 4 is 11.7 Å². The van der Waals surface area contributed by atoms with E-state index in [0.717, 1.165) is 11.3 Å². The normalized spacial score (nSPS) is 23.5. The van der Waals surface area contributed by atoms with Gasteiger partial charge in [0, 0.05) is 0 Å². The molecule has 0 unspecified atom stereocenters. The highest BCUT2D eigenvalue weighted by molar-refractivity contribution is 6.05. The molecule has 0 aliphatic carbocycles. The Hall–Kier alpha value is -1.84. The van der Waals surface area contributed by atoms with Gasteiger partial charge in [0.1, 0.15) is 0 Å². The molecule has 0 radical (unpaired) electrons. The first-order valence-corrected chi connectivity index (χ1v) is 5.11. The SMILES string of the molecule is COC(=O)[C@@H]1ON=C(c2ccccc2)[C@H]1C. The molecule has 84 valence electrons. The minimum Gasteiger partial charge on any atom is -0.466 e. The van der Waals surface area contributed by atoms with Gasteiger partial charge >= 0.3 is 5.97 Å². The maximum Gasteiger partial charge on any atom is 0.350 e. The molecule has 1 aliphatic heterocycles. The van der Waals surface area contributed by atoms with Crippen LogP contribution in [0.25, 0.3) is 0 Å². The number of oxime groups is 1. The Morgan fingerprint density at radius 2 is 2.06 bits per heavy atom. The number of hydrogen-bond donors (Lipinski definition) is 0. The zero-order valence-electron chi connectivity index (χ0n) is 9.21. The average molecular weight is 219 g/mol. The van der Waals surface area contributed by atoms with E-state index in [4.69, 9.17) is 4.84 Å². The highest BCUT2D eigenvalue weighted by atomic mass is 16.7. The number of hydrogen-bond acceptors (Lipinski definition) is 4. The van der Waals surface area contributed by atoms with Crippen LogP contribution < -0.4 is 0 Å². The van der Waals surface area contributed by atoms with Crippen molar-refractivity contribution in [2.45, 2.75) is 13.0 Å². The van der Waals surface area contributed by atoms with Gasteiger partial charge in [-0.3, -0.25) is 0 Å². The van der Waals surface area contributed by atoms with Gasteiger partial charge in [0.05, 0.1) is 18.7 Å². The van der Waals surface area contributed by atoms with Crippen molar-refractivity contribution in [3.8, 4) is 0 Å². The maximum atomic E-state index is 11.4. The van der Waals surface area contributed by atoms with Crippen LogP contribution in [0.3, 0.4) is 0 Å². The van der Waals surface area contributed by atoms with Crippen LogP contribution in [0.4, 0.5) is 0 Å². The average Bonchev–Trinajstić information content (AvgIpc) is 2.71. The number of rotatable bonds is 2. The molecule has 0 bridgehead atoms. The minimum atomic E-state index is -0.625. The van der Waals surface area contributed by atoms with Gasteiger partial charge in [-0.1, -0.05) is 42.4 Å². The van der Waals surface area contributed by atoms with Crippen molar-refractivity contribution in [3.05, 3.63) is 35.9 Å². The summed E-state index contributed by atoms with van der Waals surface area (Å²) in [7, 11) is 1.35. The van der Waals surface area contributed by atoms with Gasteiger partial charge in [0.15, 0.2) is 0 Å². The molecule has 0 spiro atoms. The summed E-state index contributed by atoms with van der Waals surface area (Å²) in [5, 5.41) is 3.95. The first kappa shape index (κ1) is 10.7. The van der Waals surface area contributed by atoms with Crippen LogP contribution in [0.1, 0.15) is 12.5 Å². The summed E-state index contributed by atoms with van der Waals surface area (Å²) in [4.78, 5) is 16.5. The zero-order valence-corrected chi connectivity index (χ0v) is 9.21. The Labute approximate surface area is 93.9 Å². The first-order chi connectivity index (χ1) is 7.74. The highest BCUT2D eigenvalue weighted by Crippen LogP contribution is 2.23. The van der Waals surface area contributed by atoms with E-state index in [1.807, 2.05) is 37.3 Å². The Kier molecular flexibility index (Phi) is 2.90. The monoisotopic (exact) mass is 219 g/mol. The van der Waals surface area contributed by atoms with Gasteiger partial charge in [-0.2, -0.15) is 0 Å². The summed E-state index contributed by atoms with van der Waals surface area (Å²) in [5.74, 6) is -0.475. The molecular weight excluding hydrogens is 206 g/mol. The molecule has 1 aromatic carbocycles. The summed E-state index contributed by atoms with van der Waals surface area (Å²) in [6, 6.07) is 9.67. The molecule has 0 fully saturated rings. The quantitative estimate of drug-likeness (QED) is 0.710. The van der Waals surface area contributed by atoms with Crippen LogP contribution in [0.5, 0.6) is 0 Å². The molecule has 4 nitrogen and oxygen atoms in total. The molecule has 16 heavy (non-hydrogen) atoms. The van der Waals surface area contributed by atoms with E-state index in [9.17, 15) is 4.79 Å². The fourth-order valence-electron chi connectivity index (χ4n) is 1.72. The molecule has 1 aromatic rings. The fraction of sp³-hybridized carbons (Fsp3) is 0.333. The number of benzene rings is 1. The van der Waals surface area contributed by atoms with Gasteiger partial charge in [-0.05, 0) is 5.56 Å². The lowest BCUT2D eigenvalue weighted by atomic mass is 9.94. The summed E-state index contributed by atoms with van der Waals surface area (Å²) in [6.07, 6.45) is -0.625. The second-order valence-electron chi connectivity index (χ2n) is 3.68. The summed E-state index contributed by atoms with van der Waals surface area (Å²) in [6.45, 7) is 1.90. The smallest absolute Gasteiger partial charge is 0.350 e. The van der Waals surface area contributed by atoms with Crippen molar-refractivity contribution < 1.29 is 14.4 Å². The van der Waals surface area contributed by atoms with Crippen molar-refractivity contribution in [1.29, 1.82) is 0 Å². The molecule has 0 saturated heterocycles. The number of nitrogens with zero attached hydrogens (tertiary/aromatic N) is 1. The third-order valence-electron chi connectivity index (χ3n) is 2.65. The summed E-state index contributed by atoms with van der Waals surface area (Å²) >= 11 is 0. The third kappa shape index (κ3) is 1.78. The topological polar surface area (TPSA) is 47.9 Å². The molecular formula is C12H13NO3. The third-order valence-corrected chi connectivity index (χ3v) is 2.65. The van der Waals surface area contributed by atoms with Gasteiger partial charge in [0.2, 0.25) is 6.10 Å². The van der Waals surface area contributed by atoms with Crippen LogP contribution >= 0.6 is 0 Å². The Morgan fingerprint density at radius 3 is 2.69 bits per heavy atom. The van der Waals surface area contributed by atoms with Crippen LogP contribution in [0, 0.1) is 5.92 Å². The number of esters is 1. The van der Waals surface area contributed by atoms with E-state index in [2.05, 4.69) is 9.89 Å². The maximum absolute atomic E-state index is 11.4. The van der Waals surface area contributed by atoms with Gasteiger partial charge in [-0.25, -0.2) is 4.79 Å². The lowest BCUT2D eigenvalue weighted by Crippen LogP contribution is -2.30. The van der Waals surface area contributed by atoms with Gasteiger partial charge in [0.25, 0.3) is 0 Å². The van der Waals surface area contributed by atoms with E-state index in [1.165, 1.54) is 7.11 Å². The van der Waals surface area contributed by atoms with Crippen molar-refractivity contribution in [2.75, 3.05) is 7.11 Å². The molecule has 0 aromatic heterocycles. The number of carbonyl (C=O) groups excluding carboxylic acids is 1. The number of ether oxygens (including phenoxy) is 1.